The van der Waals surface area contributed by atoms with Crippen molar-refractivity contribution in [2.45, 2.75) is 24.7 Å². The van der Waals surface area contributed by atoms with Crippen LogP contribution in [0.2, 0.25) is 0 Å². The van der Waals surface area contributed by atoms with Crippen molar-refractivity contribution in [2.75, 3.05) is 38.4 Å². The Hall–Kier alpha value is -3.11. The minimum Gasteiger partial charge on any atom is -0.484 e. The number of methoxy groups -OCH3 is 1. The molecule has 2 unspecified atom stereocenters. The number of hydrogen-bond donors (Lipinski definition) is 2. The van der Waals surface area contributed by atoms with Crippen LogP contribution in [0.5, 0.6) is 17.5 Å². The number of thioether (sulfide) groups is 1. The van der Waals surface area contributed by atoms with Crippen LogP contribution in [-0.2, 0) is 6.61 Å². The molecular weight excluding hydrogens is 442 g/mol. The summed E-state index contributed by atoms with van der Waals surface area (Å²) in [7, 11) is 1.53. The van der Waals surface area contributed by atoms with E-state index < -0.39 is 0 Å². The van der Waals surface area contributed by atoms with Crippen molar-refractivity contribution in [3.05, 3.63) is 48.0 Å². The highest BCUT2D eigenvalue weighted by atomic mass is 32.2. The van der Waals surface area contributed by atoms with E-state index in [4.69, 9.17) is 14.2 Å². The second kappa shape index (κ2) is 10.7. The minimum atomic E-state index is -0.166. The second-order valence-corrected chi connectivity index (χ2v) is 8.59. The van der Waals surface area contributed by atoms with Crippen molar-refractivity contribution in [1.82, 2.24) is 19.9 Å². The molecule has 33 heavy (non-hydrogen) atoms. The average molecular weight is 470 g/mol. The van der Waals surface area contributed by atoms with Crippen LogP contribution >= 0.6 is 11.8 Å². The van der Waals surface area contributed by atoms with Gasteiger partial charge in [-0.2, -0.15) is 11.8 Å². The quantitative estimate of drug-likeness (QED) is 0.485. The molecule has 4 rings (SSSR count). The van der Waals surface area contributed by atoms with Gasteiger partial charge in [-0.25, -0.2) is 19.9 Å². The van der Waals surface area contributed by atoms with Gasteiger partial charge >= 0.3 is 0 Å². The Bertz CT molecular complexity index is 1100. The van der Waals surface area contributed by atoms with Gasteiger partial charge < -0.3 is 24.6 Å². The van der Waals surface area contributed by atoms with Gasteiger partial charge in [0.2, 0.25) is 5.88 Å². The first-order valence-electron chi connectivity index (χ1n) is 10.6. The highest BCUT2D eigenvalue weighted by Gasteiger charge is 2.26. The SMILES string of the molecule is COc1ncc(-c2cc(NCC(SC)C(C)c3ccnc4c3OCCO4)ncn2)cc1CO. The topological polar surface area (TPSA) is 112 Å². The zero-order valence-electron chi connectivity index (χ0n) is 18.8. The van der Waals surface area contributed by atoms with Crippen molar-refractivity contribution in [2.24, 2.45) is 0 Å². The molecule has 0 amide bonds. The fourth-order valence-electron chi connectivity index (χ4n) is 3.75. The normalized spacial score (nSPS) is 14.4. The fraction of sp³-hybridized carbons (Fsp3) is 0.391. The number of rotatable bonds is 9. The van der Waals surface area contributed by atoms with Crippen molar-refractivity contribution >= 4 is 17.6 Å². The number of aliphatic hydroxyl groups excluding tert-OH is 1. The highest BCUT2D eigenvalue weighted by molar-refractivity contribution is 7.99. The molecule has 9 nitrogen and oxygen atoms in total. The number of anilines is 1. The Balaban J connectivity index is 1.49. The number of pyridine rings is 2. The van der Waals surface area contributed by atoms with Gasteiger partial charge in [-0.1, -0.05) is 6.92 Å². The van der Waals surface area contributed by atoms with Crippen LogP contribution in [0, 0.1) is 0 Å². The molecule has 174 valence electrons. The Kier molecular flexibility index (Phi) is 7.46. The molecule has 2 atom stereocenters. The summed E-state index contributed by atoms with van der Waals surface area (Å²) >= 11 is 1.78. The van der Waals surface area contributed by atoms with Gasteiger partial charge in [0.25, 0.3) is 5.88 Å². The fourth-order valence-corrected chi connectivity index (χ4v) is 4.55. The first-order valence-corrected chi connectivity index (χ1v) is 11.9. The molecule has 4 heterocycles. The predicted octanol–water partition coefficient (Wildman–Crippen LogP) is 3.15. The van der Waals surface area contributed by atoms with Gasteiger partial charge in [0.05, 0.1) is 19.4 Å². The molecule has 0 aromatic carbocycles. The van der Waals surface area contributed by atoms with Crippen LogP contribution in [0.1, 0.15) is 24.0 Å². The summed E-state index contributed by atoms with van der Waals surface area (Å²) in [4.78, 5) is 17.3. The molecule has 0 saturated heterocycles. The van der Waals surface area contributed by atoms with Crippen LogP contribution in [0.3, 0.4) is 0 Å². The lowest BCUT2D eigenvalue weighted by Crippen LogP contribution is -2.25. The summed E-state index contributed by atoms with van der Waals surface area (Å²) in [6.45, 7) is 3.76. The maximum atomic E-state index is 9.58. The molecule has 1 aliphatic heterocycles. The van der Waals surface area contributed by atoms with Crippen molar-refractivity contribution in [1.29, 1.82) is 0 Å². The molecule has 3 aromatic rings. The van der Waals surface area contributed by atoms with E-state index in [1.54, 1.807) is 24.2 Å². The summed E-state index contributed by atoms with van der Waals surface area (Å²) in [6, 6.07) is 5.69. The number of fused-ring (bicyclic) bond motifs is 1. The third-order valence-corrected chi connectivity index (χ3v) is 6.74. The molecule has 0 bridgehead atoms. The van der Waals surface area contributed by atoms with Crippen LogP contribution in [0.15, 0.2) is 36.9 Å². The van der Waals surface area contributed by atoms with Crippen molar-refractivity contribution in [3.8, 4) is 28.8 Å². The van der Waals surface area contributed by atoms with Gasteiger partial charge in [-0.15, -0.1) is 0 Å². The first kappa shape index (κ1) is 23.1. The van der Waals surface area contributed by atoms with E-state index in [1.807, 2.05) is 18.2 Å². The molecule has 0 aliphatic carbocycles. The van der Waals surface area contributed by atoms with Crippen molar-refractivity contribution < 1.29 is 19.3 Å². The van der Waals surface area contributed by atoms with Crippen LogP contribution in [0.4, 0.5) is 5.82 Å². The lowest BCUT2D eigenvalue weighted by Gasteiger charge is -2.27. The van der Waals surface area contributed by atoms with Gasteiger partial charge in [0.1, 0.15) is 25.4 Å². The van der Waals surface area contributed by atoms with E-state index in [0.717, 1.165) is 16.9 Å². The predicted molar refractivity (Wildman–Crippen MR) is 127 cm³/mol. The van der Waals surface area contributed by atoms with Gasteiger partial charge in [0, 0.05) is 46.9 Å². The largest absolute Gasteiger partial charge is 0.484 e. The van der Waals surface area contributed by atoms with E-state index in [-0.39, 0.29) is 17.8 Å². The van der Waals surface area contributed by atoms with E-state index in [2.05, 4.69) is 38.4 Å². The van der Waals surface area contributed by atoms with E-state index in [0.29, 0.717) is 48.6 Å². The standard InChI is InChI=1S/C23H27N5O4S/c1-14(17-4-5-24-23-21(17)31-6-7-32-23)19(33-3)11-25-20-9-18(27-13-28-20)15-8-16(12-29)22(30-2)26-10-15/h4-5,8-10,13-14,19,29H,6-7,11-12H2,1-3H3,(H,25,27,28). The number of nitrogens with zero attached hydrogens (tertiary/aromatic N) is 4. The molecule has 1 aliphatic rings. The molecule has 3 aromatic heterocycles. The number of nitrogens with one attached hydrogen (secondary N) is 1. The Morgan fingerprint density at radius 2 is 2.03 bits per heavy atom. The molecule has 0 spiro atoms. The molecule has 10 heteroatoms. The molecule has 2 N–H and O–H groups in total. The van der Waals surface area contributed by atoms with Gasteiger partial charge in [-0.05, 0) is 24.3 Å². The maximum Gasteiger partial charge on any atom is 0.257 e. The van der Waals surface area contributed by atoms with Gasteiger partial charge in [0.15, 0.2) is 5.75 Å². The van der Waals surface area contributed by atoms with Gasteiger partial charge in [-0.3, -0.25) is 0 Å². The zero-order valence-corrected chi connectivity index (χ0v) is 19.6. The Morgan fingerprint density at radius 3 is 2.82 bits per heavy atom. The van der Waals surface area contributed by atoms with Crippen LogP contribution in [0.25, 0.3) is 11.3 Å². The summed E-state index contributed by atoms with van der Waals surface area (Å²) in [5, 5.41) is 13.3. The zero-order chi connectivity index (χ0) is 23.2. The number of ether oxygens (including phenoxy) is 3. The monoisotopic (exact) mass is 469 g/mol. The number of aromatic nitrogens is 4. The molecule has 0 radical (unpaired) electrons. The summed E-state index contributed by atoms with van der Waals surface area (Å²) in [6.07, 6.45) is 7.05. The van der Waals surface area contributed by atoms with Crippen molar-refractivity contribution in [3.63, 3.8) is 0 Å². The smallest absolute Gasteiger partial charge is 0.257 e. The average Bonchev–Trinajstić information content (AvgIpc) is 2.88. The summed E-state index contributed by atoms with van der Waals surface area (Å²) < 4.78 is 16.7. The maximum absolute atomic E-state index is 9.58. The highest BCUT2D eigenvalue weighted by Crippen LogP contribution is 2.39. The Labute approximate surface area is 197 Å². The first-order chi connectivity index (χ1) is 16.1. The van der Waals surface area contributed by atoms with E-state index >= 15 is 0 Å². The summed E-state index contributed by atoms with van der Waals surface area (Å²) in [5.41, 5.74) is 3.18. The lowest BCUT2D eigenvalue weighted by molar-refractivity contribution is 0.162. The van der Waals surface area contributed by atoms with E-state index in [1.165, 1.54) is 13.4 Å². The third-order valence-electron chi connectivity index (χ3n) is 5.56. The summed E-state index contributed by atoms with van der Waals surface area (Å²) in [5.74, 6) is 2.62. The number of aliphatic hydroxyl groups is 1. The van der Waals surface area contributed by atoms with Crippen LogP contribution in [-0.4, -0.2) is 63.4 Å². The molecular formula is C23H27N5O4S. The number of hydrogen-bond acceptors (Lipinski definition) is 10. The van der Waals surface area contributed by atoms with Crippen LogP contribution < -0.4 is 19.5 Å². The minimum absolute atomic E-state index is 0.166. The molecule has 0 saturated carbocycles. The Morgan fingerprint density at radius 1 is 1.18 bits per heavy atom. The lowest BCUT2D eigenvalue weighted by atomic mass is 9.97. The molecule has 0 fully saturated rings. The van der Waals surface area contributed by atoms with E-state index in [9.17, 15) is 5.11 Å². The third kappa shape index (κ3) is 5.12. The second-order valence-electron chi connectivity index (χ2n) is 7.51.